The van der Waals surface area contributed by atoms with E-state index in [-0.39, 0.29) is 23.5 Å². The third kappa shape index (κ3) is 3.96. The number of imidazole rings is 1. The monoisotopic (exact) mass is 395 g/mol. The molecule has 29 heavy (non-hydrogen) atoms. The van der Waals surface area contributed by atoms with Gasteiger partial charge in [-0.25, -0.2) is 4.98 Å². The van der Waals surface area contributed by atoms with Crippen molar-refractivity contribution in [1.82, 2.24) is 20.6 Å². The van der Waals surface area contributed by atoms with Gasteiger partial charge < -0.3 is 25.8 Å². The first-order valence-corrected chi connectivity index (χ1v) is 9.93. The molecule has 2 heterocycles. The van der Waals surface area contributed by atoms with Gasteiger partial charge in [-0.05, 0) is 49.1 Å². The quantitative estimate of drug-likeness (QED) is 0.528. The number of aromatic nitrogens is 2. The van der Waals surface area contributed by atoms with Crippen LogP contribution in [0.15, 0.2) is 34.7 Å². The number of nitrogens with zero attached hydrogens (tertiary/aromatic N) is 1. The number of carbonyl (C=O) groups is 2. The van der Waals surface area contributed by atoms with Crippen LogP contribution in [0.4, 0.5) is 5.95 Å². The molecule has 1 aromatic carbocycles. The molecule has 3 aromatic rings. The van der Waals surface area contributed by atoms with Crippen molar-refractivity contribution >= 4 is 28.8 Å². The fourth-order valence-corrected chi connectivity index (χ4v) is 4.03. The Morgan fingerprint density at radius 2 is 2.00 bits per heavy atom. The Balaban J connectivity index is 1.52. The van der Waals surface area contributed by atoms with Crippen LogP contribution in [0.1, 0.15) is 42.7 Å². The van der Waals surface area contributed by atoms with Gasteiger partial charge in [-0.2, -0.15) is 0 Å². The van der Waals surface area contributed by atoms with E-state index in [1.807, 2.05) is 18.2 Å². The molecule has 5 N–H and O–H groups in total. The second-order valence-corrected chi connectivity index (χ2v) is 7.48. The minimum Gasteiger partial charge on any atom is -0.451 e. The van der Waals surface area contributed by atoms with Gasteiger partial charge in [-0.1, -0.05) is 19.3 Å². The molecule has 8 heteroatoms. The van der Waals surface area contributed by atoms with Crippen LogP contribution in [0, 0.1) is 5.92 Å². The number of likely N-dealkylation sites (N-methyl/N-ethyl adjacent to an activating group) is 1. The number of anilines is 1. The minimum absolute atomic E-state index is 0.148. The number of furan rings is 1. The Hall–Kier alpha value is -3.29. The lowest BCUT2D eigenvalue weighted by Gasteiger charge is -2.29. The SMILES string of the molecule is CNC(=O)[C@@H](NC(=O)c1ccc(-c2ccc3nc(N)[nH]c3c2)o1)C1CCCCC1. The van der Waals surface area contributed by atoms with Gasteiger partial charge in [-0.3, -0.25) is 9.59 Å². The lowest BCUT2D eigenvalue weighted by atomic mass is 9.83. The summed E-state index contributed by atoms with van der Waals surface area (Å²) in [4.78, 5) is 32.3. The number of benzene rings is 1. The third-order valence-electron chi connectivity index (χ3n) is 5.55. The van der Waals surface area contributed by atoms with Gasteiger partial charge in [0.2, 0.25) is 5.91 Å². The zero-order valence-electron chi connectivity index (χ0n) is 16.3. The topological polar surface area (TPSA) is 126 Å². The molecular formula is C21H25N5O3. The van der Waals surface area contributed by atoms with Crippen molar-refractivity contribution in [2.45, 2.75) is 38.1 Å². The standard InChI is InChI=1S/C21H25N5O3/c1-23-20(28)18(12-5-3-2-4-6-12)26-19(27)17-10-9-16(29-17)13-7-8-14-15(11-13)25-21(22)24-14/h7-12,18H,2-6H2,1H3,(H,23,28)(H,26,27)(H3,22,24,25)/t18-/m0/s1. The van der Waals surface area contributed by atoms with Crippen LogP contribution < -0.4 is 16.4 Å². The number of aromatic amines is 1. The maximum absolute atomic E-state index is 12.8. The van der Waals surface area contributed by atoms with E-state index >= 15 is 0 Å². The normalized spacial score (nSPS) is 15.9. The average molecular weight is 395 g/mol. The number of rotatable bonds is 5. The maximum Gasteiger partial charge on any atom is 0.287 e. The van der Waals surface area contributed by atoms with Crippen LogP contribution in [0.5, 0.6) is 0 Å². The Bertz CT molecular complexity index is 1030. The second kappa shape index (κ2) is 7.98. The molecule has 0 radical (unpaired) electrons. The number of hydrogen-bond acceptors (Lipinski definition) is 5. The van der Waals surface area contributed by atoms with Crippen molar-refractivity contribution in [3.05, 3.63) is 36.1 Å². The summed E-state index contributed by atoms with van der Waals surface area (Å²) in [5.74, 6) is 0.671. The first kappa shape index (κ1) is 19.0. The summed E-state index contributed by atoms with van der Waals surface area (Å²) >= 11 is 0. The molecule has 8 nitrogen and oxygen atoms in total. The number of hydrogen-bond donors (Lipinski definition) is 4. The number of nitrogens with two attached hydrogens (primary N) is 1. The molecule has 2 aromatic heterocycles. The predicted molar refractivity (Wildman–Crippen MR) is 110 cm³/mol. The number of amides is 2. The number of nitrogens with one attached hydrogen (secondary N) is 3. The van der Waals surface area contributed by atoms with Crippen LogP contribution in [0.2, 0.25) is 0 Å². The van der Waals surface area contributed by atoms with Crippen molar-refractivity contribution in [3.8, 4) is 11.3 Å². The highest BCUT2D eigenvalue weighted by Gasteiger charge is 2.31. The van der Waals surface area contributed by atoms with Gasteiger partial charge in [0.05, 0.1) is 11.0 Å². The van der Waals surface area contributed by atoms with Gasteiger partial charge in [0.15, 0.2) is 11.7 Å². The van der Waals surface area contributed by atoms with Gasteiger partial charge >= 0.3 is 0 Å². The Labute approximate surface area is 168 Å². The van der Waals surface area contributed by atoms with E-state index in [0.717, 1.165) is 42.3 Å². The molecule has 0 aliphatic heterocycles. The van der Waals surface area contributed by atoms with Crippen LogP contribution in [-0.4, -0.2) is 34.9 Å². The molecule has 0 bridgehead atoms. The first-order chi connectivity index (χ1) is 14.0. The number of fused-ring (bicyclic) bond motifs is 1. The van der Waals surface area contributed by atoms with E-state index in [0.29, 0.717) is 11.7 Å². The summed E-state index contributed by atoms with van der Waals surface area (Å²) in [6.07, 6.45) is 5.22. The summed E-state index contributed by atoms with van der Waals surface area (Å²) < 4.78 is 5.78. The molecule has 0 spiro atoms. The Kier molecular flexibility index (Phi) is 5.24. The third-order valence-corrected chi connectivity index (χ3v) is 5.55. The van der Waals surface area contributed by atoms with E-state index in [9.17, 15) is 9.59 Å². The highest BCUT2D eigenvalue weighted by molar-refractivity contribution is 5.96. The largest absolute Gasteiger partial charge is 0.451 e. The van der Waals surface area contributed by atoms with Gasteiger partial charge in [-0.15, -0.1) is 0 Å². The zero-order chi connectivity index (χ0) is 20.4. The highest BCUT2D eigenvalue weighted by atomic mass is 16.4. The van der Waals surface area contributed by atoms with E-state index < -0.39 is 6.04 Å². The number of nitrogen functional groups attached to an aromatic ring is 1. The second-order valence-electron chi connectivity index (χ2n) is 7.48. The Morgan fingerprint density at radius 1 is 1.21 bits per heavy atom. The van der Waals surface area contributed by atoms with Gasteiger partial charge in [0, 0.05) is 12.6 Å². The van der Waals surface area contributed by atoms with Crippen molar-refractivity contribution in [2.24, 2.45) is 5.92 Å². The maximum atomic E-state index is 12.8. The predicted octanol–water partition coefficient (Wildman–Crippen LogP) is 2.83. The summed E-state index contributed by atoms with van der Waals surface area (Å²) in [6, 6.07) is 8.38. The lowest BCUT2D eigenvalue weighted by molar-refractivity contribution is -0.124. The van der Waals surface area contributed by atoms with Gasteiger partial charge in [0.25, 0.3) is 5.91 Å². The highest BCUT2D eigenvalue weighted by Crippen LogP contribution is 2.28. The van der Waals surface area contributed by atoms with Crippen LogP contribution in [0.3, 0.4) is 0 Å². The van der Waals surface area contributed by atoms with Crippen molar-refractivity contribution < 1.29 is 14.0 Å². The van der Waals surface area contributed by atoms with Gasteiger partial charge in [0.1, 0.15) is 11.8 Å². The van der Waals surface area contributed by atoms with E-state index in [4.69, 9.17) is 10.2 Å². The lowest BCUT2D eigenvalue weighted by Crippen LogP contribution is -2.50. The molecule has 1 atom stereocenters. The molecule has 1 aliphatic carbocycles. The van der Waals surface area contributed by atoms with Crippen molar-refractivity contribution in [3.63, 3.8) is 0 Å². The summed E-state index contributed by atoms with van der Waals surface area (Å²) in [5.41, 5.74) is 8.04. The molecule has 152 valence electrons. The van der Waals surface area contributed by atoms with Crippen LogP contribution in [0.25, 0.3) is 22.4 Å². The number of carbonyl (C=O) groups excluding carboxylic acids is 2. The summed E-state index contributed by atoms with van der Waals surface area (Å²) in [6.45, 7) is 0. The number of H-pyrrole nitrogens is 1. The molecular weight excluding hydrogens is 370 g/mol. The molecule has 1 saturated carbocycles. The van der Waals surface area contributed by atoms with E-state index in [1.54, 1.807) is 19.2 Å². The summed E-state index contributed by atoms with van der Waals surface area (Å²) in [5, 5.41) is 5.54. The van der Waals surface area contributed by atoms with E-state index in [2.05, 4.69) is 20.6 Å². The first-order valence-electron chi connectivity index (χ1n) is 9.93. The molecule has 4 rings (SSSR count). The minimum atomic E-state index is -0.550. The van der Waals surface area contributed by atoms with Crippen molar-refractivity contribution in [1.29, 1.82) is 0 Å². The average Bonchev–Trinajstić information content (AvgIpc) is 3.37. The smallest absolute Gasteiger partial charge is 0.287 e. The molecule has 0 saturated heterocycles. The van der Waals surface area contributed by atoms with Crippen LogP contribution >= 0.6 is 0 Å². The molecule has 0 unspecified atom stereocenters. The fraction of sp³-hybridized carbons (Fsp3) is 0.381. The molecule has 2 amide bonds. The van der Waals surface area contributed by atoms with Crippen LogP contribution in [-0.2, 0) is 4.79 Å². The van der Waals surface area contributed by atoms with E-state index in [1.165, 1.54) is 6.42 Å². The molecule has 1 aliphatic rings. The summed E-state index contributed by atoms with van der Waals surface area (Å²) in [7, 11) is 1.59. The molecule has 1 fully saturated rings. The fourth-order valence-electron chi connectivity index (χ4n) is 4.03. The van der Waals surface area contributed by atoms with Crippen molar-refractivity contribution in [2.75, 3.05) is 12.8 Å². The Morgan fingerprint density at radius 3 is 2.76 bits per heavy atom. The zero-order valence-corrected chi connectivity index (χ0v) is 16.3.